The van der Waals surface area contributed by atoms with Crippen molar-refractivity contribution in [3.8, 4) is 11.7 Å². The van der Waals surface area contributed by atoms with E-state index >= 15 is 0 Å². The SMILES string of the molecule is O=C(O)Oc1cn(-c2nc3cc(Cl)c(Cl)cc3[nH]2)nc1C(F)(F)F. The molecule has 0 aliphatic carbocycles. The van der Waals surface area contributed by atoms with Crippen LogP contribution in [-0.4, -0.2) is 31.0 Å². The van der Waals surface area contributed by atoms with E-state index in [1.165, 1.54) is 12.1 Å². The molecule has 0 bridgehead atoms. The number of H-pyrrole nitrogens is 1. The molecule has 24 heavy (non-hydrogen) atoms. The van der Waals surface area contributed by atoms with Gasteiger partial charge < -0.3 is 14.8 Å². The number of benzene rings is 1. The van der Waals surface area contributed by atoms with Gasteiger partial charge in [-0.3, -0.25) is 0 Å². The largest absolute Gasteiger partial charge is 0.511 e. The molecule has 126 valence electrons. The van der Waals surface area contributed by atoms with E-state index < -0.39 is 23.8 Å². The van der Waals surface area contributed by atoms with Crippen molar-refractivity contribution in [3.63, 3.8) is 0 Å². The highest BCUT2D eigenvalue weighted by Crippen LogP contribution is 2.36. The van der Waals surface area contributed by atoms with Crippen molar-refractivity contribution in [2.45, 2.75) is 6.18 Å². The summed E-state index contributed by atoms with van der Waals surface area (Å²) in [6.07, 6.45) is -6.06. The van der Waals surface area contributed by atoms with E-state index in [2.05, 4.69) is 19.8 Å². The summed E-state index contributed by atoms with van der Waals surface area (Å²) in [7, 11) is 0. The van der Waals surface area contributed by atoms with Crippen LogP contribution in [0.25, 0.3) is 17.0 Å². The Morgan fingerprint density at radius 3 is 2.58 bits per heavy atom. The smallest absolute Gasteiger partial charge is 0.449 e. The van der Waals surface area contributed by atoms with E-state index in [1.807, 2.05) is 0 Å². The third-order valence-electron chi connectivity index (χ3n) is 2.87. The van der Waals surface area contributed by atoms with Gasteiger partial charge in [0.1, 0.15) is 0 Å². The molecule has 0 spiro atoms. The molecule has 0 radical (unpaired) electrons. The van der Waals surface area contributed by atoms with Gasteiger partial charge >= 0.3 is 12.3 Å². The zero-order chi connectivity index (χ0) is 17.6. The highest BCUT2D eigenvalue weighted by molar-refractivity contribution is 6.42. The molecule has 0 amide bonds. The summed E-state index contributed by atoms with van der Waals surface area (Å²) in [5.41, 5.74) is -0.755. The van der Waals surface area contributed by atoms with Crippen molar-refractivity contribution in [1.29, 1.82) is 0 Å². The topological polar surface area (TPSA) is 93.0 Å². The number of aromatic amines is 1. The van der Waals surface area contributed by atoms with Crippen molar-refractivity contribution in [2.75, 3.05) is 0 Å². The molecule has 12 heteroatoms. The maximum Gasteiger partial charge on any atom is 0.511 e. The average Bonchev–Trinajstić information content (AvgIpc) is 3.02. The van der Waals surface area contributed by atoms with E-state index in [-0.39, 0.29) is 16.0 Å². The van der Waals surface area contributed by atoms with Gasteiger partial charge in [-0.05, 0) is 12.1 Å². The van der Waals surface area contributed by atoms with Crippen LogP contribution in [0.15, 0.2) is 18.3 Å². The molecule has 0 unspecified atom stereocenters. The fraction of sp³-hybridized carbons (Fsp3) is 0.0833. The lowest BCUT2D eigenvalue weighted by Gasteiger charge is -2.03. The van der Waals surface area contributed by atoms with Gasteiger partial charge in [0.2, 0.25) is 11.6 Å². The second-order valence-electron chi connectivity index (χ2n) is 4.50. The Balaban J connectivity index is 2.12. The van der Waals surface area contributed by atoms with Gasteiger partial charge in [-0.15, -0.1) is 0 Å². The summed E-state index contributed by atoms with van der Waals surface area (Å²) in [5, 5.41) is 12.3. The fourth-order valence-corrected chi connectivity index (χ4v) is 2.25. The number of nitrogens with one attached hydrogen (secondary N) is 1. The first-order valence-electron chi connectivity index (χ1n) is 6.08. The molecule has 0 saturated carbocycles. The number of halogens is 5. The molecule has 0 saturated heterocycles. The van der Waals surface area contributed by atoms with Crippen LogP contribution in [0.3, 0.4) is 0 Å². The number of hydrogen-bond acceptors (Lipinski definition) is 4. The number of rotatable bonds is 2. The normalized spacial score (nSPS) is 11.9. The summed E-state index contributed by atoms with van der Waals surface area (Å²) in [6, 6.07) is 2.86. The lowest BCUT2D eigenvalue weighted by atomic mass is 10.3. The van der Waals surface area contributed by atoms with Gasteiger partial charge in [-0.1, -0.05) is 23.2 Å². The fourth-order valence-electron chi connectivity index (χ4n) is 1.93. The quantitative estimate of drug-likeness (QED) is 0.652. The first-order chi connectivity index (χ1) is 11.1. The van der Waals surface area contributed by atoms with Crippen molar-refractivity contribution in [1.82, 2.24) is 19.7 Å². The zero-order valence-electron chi connectivity index (χ0n) is 11.2. The number of nitrogens with zero attached hydrogens (tertiary/aromatic N) is 3. The van der Waals surface area contributed by atoms with Crippen LogP contribution >= 0.6 is 23.2 Å². The Morgan fingerprint density at radius 1 is 1.29 bits per heavy atom. The van der Waals surface area contributed by atoms with Gasteiger partial charge in [0.05, 0.1) is 27.3 Å². The van der Waals surface area contributed by atoms with Crippen LogP contribution in [0.1, 0.15) is 5.69 Å². The van der Waals surface area contributed by atoms with Crippen LogP contribution in [0.4, 0.5) is 18.0 Å². The number of carboxylic acid groups (broad SMARTS) is 1. The van der Waals surface area contributed by atoms with Crippen LogP contribution in [0.2, 0.25) is 10.0 Å². The van der Waals surface area contributed by atoms with Crippen molar-refractivity contribution in [2.24, 2.45) is 0 Å². The molecule has 0 fully saturated rings. The molecule has 7 nitrogen and oxygen atoms in total. The lowest BCUT2D eigenvalue weighted by Crippen LogP contribution is -2.11. The third kappa shape index (κ3) is 2.97. The Morgan fingerprint density at radius 2 is 1.96 bits per heavy atom. The Bertz CT molecular complexity index is 912. The van der Waals surface area contributed by atoms with E-state index in [0.29, 0.717) is 15.7 Å². The van der Waals surface area contributed by atoms with E-state index in [9.17, 15) is 18.0 Å². The molecule has 2 aromatic heterocycles. The van der Waals surface area contributed by atoms with Gasteiger partial charge in [0, 0.05) is 0 Å². The standard InChI is InChI=1S/C12H5Cl2F3N4O3/c13-4-1-6-7(2-5(4)14)19-10(18-6)21-3-8(24-11(22)23)9(20-21)12(15,16)17/h1-3H,(H,18,19)(H,22,23). The average molecular weight is 381 g/mol. The number of hydrogen-bond donors (Lipinski definition) is 2. The summed E-state index contributed by atoms with van der Waals surface area (Å²) >= 11 is 11.7. The van der Waals surface area contributed by atoms with Crippen molar-refractivity contribution in [3.05, 3.63) is 34.1 Å². The molecule has 0 atom stereocenters. The monoisotopic (exact) mass is 380 g/mol. The molecule has 2 N–H and O–H groups in total. The minimum absolute atomic E-state index is 0.103. The summed E-state index contributed by atoms with van der Waals surface area (Å²) in [4.78, 5) is 17.3. The van der Waals surface area contributed by atoms with Gasteiger partial charge in [0.15, 0.2) is 5.75 Å². The number of ether oxygens (including phenoxy) is 1. The number of alkyl halides is 3. The minimum atomic E-state index is -4.91. The number of carbonyl (C=O) groups is 1. The van der Waals surface area contributed by atoms with Gasteiger partial charge in [-0.2, -0.15) is 18.3 Å². The first kappa shape index (κ1) is 16.4. The highest BCUT2D eigenvalue weighted by atomic mass is 35.5. The van der Waals surface area contributed by atoms with Gasteiger partial charge in [-0.25, -0.2) is 14.5 Å². The van der Waals surface area contributed by atoms with Crippen molar-refractivity contribution < 1.29 is 27.8 Å². The van der Waals surface area contributed by atoms with E-state index in [4.69, 9.17) is 28.3 Å². The number of aromatic nitrogens is 4. The zero-order valence-corrected chi connectivity index (χ0v) is 12.7. The Kier molecular flexibility index (Phi) is 3.80. The van der Waals surface area contributed by atoms with Gasteiger partial charge in [0.25, 0.3) is 0 Å². The van der Waals surface area contributed by atoms with Crippen LogP contribution in [0, 0.1) is 0 Å². The molecule has 3 aromatic rings. The Hall–Kier alpha value is -2.46. The maximum atomic E-state index is 12.9. The van der Waals surface area contributed by atoms with Crippen LogP contribution in [-0.2, 0) is 6.18 Å². The Labute approximate surface area is 140 Å². The predicted octanol–water partition coefficient (Wildman–Crippen LogP) is 4.13. The predicted molar refractivity (Wildman–Crippen MR) is 76.9 cm³/mol. The molecule has 0 aliphatic heterocycles. The first-order valence-corrected chi connectivity index (χ1v) is 6.83. The molecule has 0 aliphatic rings. The molecular formula is C12H5Cl2F3N4O3. The number of imidazole rings is 1. The van der Waals surface area contributed by atoms with E-state index in [1.54, 1.807) is 0 Å². The third-order valence-corrected chi connectivity index (χ3v) is 3.60. The molecular weight excluding hydrogens is 376 g/mol. The van der Waals surface area contributed by atoms with Crippen LogP contribution < -0.4 is 4.74 Å². The van der Waals surface area contributed by atoms with Crippen molar-refractivity contribution >= 4 is 40.4 Å². The summed E-state index contributed by atoms with van der Waals surface area (Å²) < 4.78 is 43.6. The van der Waals surface area contributed by atoms with Crippen LogP contribution in [0.5, 0.6) is 5.75 Å². The second kappa shape index (κ2) is 5.56. The number of fused-ring (bicyclic) bond motifs is 1. The minimum Gasteiger partial charge on any atom is -0.449 e. The summed E-state index contributed by atoms with van der Waals surface area (Å²) in [5.74, 6) is -1.07. The lowest BCUT2D eigenvalue weighted by molar-refractivity contribution is -0.142. The maximum absolute atomic E-state index is 12.9. The van der Waals surface area contributed by atoms with E-state index in [0.717, 1.165) is 6.20 Å². The molecule has 1 aromatic carbocycles. The molecule has 2 heterocycles. The summed E-state index contributed by atoms with van der Waals surface area (Å²) in [6.45, 7) is 0. The highest BCUT2D eigenvalue weighted by Gasteiger charge is 2.39. The molecule has 3 rings (SSSR count). The second-order valence-corrected chi connectivity index (χ2v) is 5.31.